The Labute approximate surface area is 205 Å². The van der Waals surface area contributed by atoms with Gasteiger partial charge in [0.05, 0.1) is 6.54 Å². The van der Waals surface area contributed by atoms with Gasteiger partial charge in [-0.05, 0) is 43.5 Å². The molecule has 3 heterocycles. The first-order valence-corrected chi connectivity index (χ1v) is 12.4. The van der Waals surface area contributed by atoms with Crippen LogP contribution < -0.4 is 5.32 Å². The SMILES string of the molecule is O=C(NCc1ccc(CN2CCCC2=O)cc1)C1CCN(Cc2nc(-c3ccccc3)no2)CC1. The van der Waals surface area contributed by atoms with Crippen LogP contribution in [0, 0.1) is 5.92 Å². The first-order chi connectivity index (χ1) is 17.1. The number of rotatable bonds is 8. The van der Waals surface area contributed by atoms with E-state index in [-0.39, 0.29) is 17.7 Å². The van der Waals surface area contributed by atoms with Crippen molar-refractivity contribution in [3.05, 3.63) is 71.6 Å². The number of hydrogen-bond donors (Lipinski definition) is 1. The van der Waals surface area contributed by atoms with Crippen LogP contribution in [0.15, 0.2) is 59.1 Å². The van der Waals surface area contributed by atoms with Crippen LogP contribution in [0.1, 0.15) is 42.7 Å². The van der Waals surface area contributed by atoms with E-state index in [0.29, 0.717) is 37.8 Å². The van der Waals surface area contributed by atoms with Gasteiger partial charge in [-0.3, -0.25) is 14.5 Å². The highest BCUT2D eigenvalue weighted by atomic mass is 16.5. The molecule has 1 aromatic heterocycles. The zero-order valence-electron chi connectivity index (χ0n) is 19.9. The third-order valence-electron chi connectivity index (χ3n) is 6.85. The van der Waals surface area contributed by atoms with E-state index in [1.165, 1.54) is 0 Å². The monoisotopic (exact) mass is 473 g/mol. The molecule has 0 radical (unpaired) electrons. The van der Waals surface area contributed by atoms with Crippen LogP contribution in [0.2, 0.25) is 0 Å². The van der Waals surface area contributed by atoms with Crippen molar-refractivity contribution < 1.29 is 14.1 Å². The Bertz CT molecular complexity index is 1140. The van der Waals surface area contributed by atoms with Crippen molar-refractivity contribution in [2.75, 3.05) is 19.6 Å². The lowest BCUT2D eigenvalue weighted by Gasteiger charge is -2.30. The minimum atomic E-state index is 0.0225. The lowest BCUT2D eigenvalue weighted by Crippen LogP contribution is -2.40. The molecule has 0 spiro atoms. The third kappa shape index (κ3) is 5.95. The lowest BCUT2D eigenvalue weighted by molar-refractivity contribution is -0.128. The minimum absolute atomic E-state index is 0.0225. The Morgan fingerprint density at radius 2 is 1.71 bits per heavy atom. The summed E-state index contributed by atoms with van der Waals surface area (Å²) in [5.74, 6) is 1.58. The Morgan fingerprint density at radius 3 is 2.43 bits per heavy atom. The van der Waals surface area contributed by atoms with Gasteiger partial charge in [0.1, 0.15) is 0 Å². The van der Waals surface area contributed by atoms with E-state index in [0.717, 1.165) is 55.6 Å². The largest absolute Gasteiger partial charge is 0.352 e. The summed E-state index contributed by atoms with van der Waals surface area (Å²) in [5.41, 5.74) is 3.13. The molecule has 0 aliphatic carbocycles. The maximum absolute atomic E-state index is 12.7. The number of likely N-dealkylation sites (tertiary alicyclic amines) is 2. The van der Waals surface area contributed by atoms with Crippen molar-refractivity contribution in [1.82, 2.24) is 25.3 Å². The van der Waals surface area contributed by atoms with Crippen LogP contribution in [-0.4, -0.2) is 51.4 Å². The minimum Gasteiger partial charge on any atom is -0.352 e. The normalized spacial score (nSPS) is 17.1. The van der Waals surface area contributed by atoms with Crippen molar-refractivity contribution in [3.8, 4) is 11.4 Å². The molecule has 0 bridgehead atoms. The number of carbonyl (C=O) groups excluding carboxylic acids is 2. The number of amides is 2. The molecule has 2 aromatic carbocycles. The highest BCUT2D eigenvalue weighted by molar-refractivity contribution is 5.79. The zero-order chi connectivity index (χ0) is 24.0. The van der Waals surface area contributed by atoms with E-state index < -0.39 is 0 Å². The molecule has 0 unspecified atom stereocenters. The van der Waals surface area contributed by atoms with E-state index in [4.69, 9.17) is 4.52 Å². The predicted octanol–water partition coefficient (Wildman–Crippen LogP) is 3.39. The fourth-order valence-electron chi connectivity index (χ4n) is 4.76. The molecule has 35 heavy (non-hydrogen) atoms. The van der Waals surface area contributed by atoms with Crippen LogP contribution in [0.4, 0.5) is 0 Å². The summed E-state index contributed by atoms with van der Waals surface area (Å²) in [6.45, 7) is 4.28. The highest BCUT2D eigenvalue weighted by Crippen LogP contribution is 2.21. The fourth-order valence-corrected chi connectivity index (χ4v) is 4.76. The quantitative estimate of drug-likeness (QED) is 0.539. The summed E-state index contributed by atoms with van der Waals surface area (Å²) in [7, 11) is 0. The fraction of sp³-hybridized carbons (Fsp3) is 0.407. The van der Waals surface area contributed by atoms with Gasteiger partial charge in [-0.1, -0.05) is 59.8 Å². The number of nitrogens with one attached hydrogen (secondary N) is 1. The first kappa shape index (κ1) is 23.2. The molecule has 2 fully saturated rings. The standard InChI is InChI=1S/C27H31N5O3/c33-25-7-4-14-32(25)18-21-10-8-20(9-11-21)17-28-27(34)23-12-15-31(16-13-23)19-24-29-26(30-35-24)22-5-2-1-3-6-22/h1-3,5-6,8-11,23H,4,7,12-19H2,(H,28,34). The average Bonchev–Trinajstić information content (AvgIpc) is 3.53. The van der Waals surface area contributed by atoms with Crippen molar-refractivity contribution in [3.63, 3.8) is 0 Å². The van der Waals surface area contributed by atoms with Gasteiger partial charge in [-0.15, -0.1) is 0 Å². The van der Waals surface area contributed by atoms with Crippen LogP contribution in [0.5, 0.6) is 0 Å². The molecule has 8 heteroatoms. The number of aromatic nitrogens is 2. The number of nitrogens with zero attached hydrogens (tertiary/aromatic N) is 4. The first-order valence-electron chi connectivity index (χ1n) is 12.4. The molecule has 2 aliphatic heterocycles. The van der Waals surface area contributed by atoms with E-state index in [1.54, 1.807) is 0 Å². The van der Waals surface area contributed by atoms with Gasteiger partial charge in [-0.2, -0.15) is 4.98 Å². The van der Waals surface area contributed by atoms with E-state index in [1.807, 2.05) is 59.5 Å². The van der Waals surface area contributed by atoms with Gasteiger partial charge in [0, 0.05) is 37.5 Å². The van der Waals surface area contributed by atoms with E-state index in [9.17, 15) is 9.59 Å². The molecule has 5 rings (SSSR count). The topological polar surface area (TPSA) is 91.6 Å². The van der Waals surface area contributed by atoms with Gasteiger partial charge >= 0.3 is 0 Å². The van der Waals surface area contributed by atoms with Gasteiger partial charge in [-0.25, -0.2) is 0 Å². The molecular formula is C27H31N5O3. The van der Waals surface area contributed by atoms with Gasteiger partial charge in [0.15, 0.2) is 0 Å². The number of hydrogen-bond acceptors (Lipinski definition) is 6. The lowest BCUT2D eigenvalue weighted by atomic mass is 9.96. The van der Waals surface area contributed by atoms with E-state index >= 15 is 0 Å². The smallest absolute Gasteiger partial charge is 0.241 e. The van der Waals surface area contributed by atoms with Gasteiger partial charge in [0.25, 0.3) is 0 Å². The summed E-state index contributed by atoms with van der Waals surface area (Å²) < 4.78 is 5.43. The molecule has 8 nitrogen and oxygen atoms in total. The van der Waals surface area contributed by atoms with Crippen molar-refractivity contribution >= 4 is 11.8 Å². The number of carbonyl (C=O) groups is 2. The molecule has 0 saturated carbocycles. The molecule has 2 aliphatic rings. The van der Waals surface area contributed by atoms with Crippen LogP contribution >= 0.6 is 0 Å². The summed E-state index contributed by atoms with van der Waals surface area (Å²) in [5, 5.41) is 7.18. The van der Waals surface area contributed by atoms with Crippen molar-refractivity contribution in [2.45, 2.75) is 45.3 Å². The maximum atomic E-state index is 12.7. The predicted molar refractivity (Wildman–Crippen MR) is 131 cm³/mol. The second-order valence-electron chi connectivity index (χ2n) is 9.38. The Balaban J connectivity index is 1.04. The molecular weight excluding hydrogens is 442 g/mol. The Hall–Kier alpha value is -3.52. The molecule has 1 N–H and O–H groups in total. The highest BCUT2D eigenvalue weighted by Gasteiger charge is 2.26. The Kier molecular flexibility index (Phi) is 7.18. The molecule has 2 amide bonds. The summed E-state index contributed by atoms with van der Waals surface area (Å²) in [4.78, 5) is 33.2. The van der Waals surface area contributed by atoms with Crippen molar-refractivity contribution in [2.24, 2.45) is 5.92 Å². The second-order valence-corrected chi connectivity index (χ2v) is 9.38. The summed E-state index contributed by atoms with van der Waals surface area (Å²) in [6.07, 6.45) is 3.24. The zero-order valence-corrected chi connectivity index (χ0v) is 19.9. The molecule has 3 aromatic rings. The second kappa shape index (κ2) is 10.8. The third-order valence-corrected chi connectivity index (χ3v) is 6.85. The molecule has 0 atom stereocenters. The number of benzene rings is 2. The summed E-state index contributed by atoms with van der Waals surface area (Å²) in [6, 6.07) is 18.0. The number of piperidine rings is 1. The van der Waals surface area contributed by atoms with Crippen LogP contribution in [0.25, 0.3) is 11.4 Å². The molecule has 182 valence electrons. The van der Waals surface area contributed by atoms with Gasteiger partial charge < -0.3 is 14.7 Å². The van der Waals surface area contributed by atoms with E-state index in [2.05, 4.69) is 20.4 Å². The summed E-state index contributed by atoms with van der Waals surface area (Å²) >= 11 is 0. The molecule has 2 saturated heterocycles. The maximum Gasteiger partial charge on any atom is 0.241 e. The van der Waals surface area contributed by atoms with Crippen molar-refractivity contribution in [1.29, 1.82) is 0 Å². The van der Waals surface area contributed by atoms with Crippen LogP contribution in [-0.2, 0) is 29.2 Å². The van der Waals surface area contributed by atoms with Crippen LogP contribution in [0.3, 0.4) is 0 Å². The average molecular weight is 474 g/mol. The van der Waals surface area contributed by atoms with Gasteiger partial charge in [0.2, 0.25) is 23.5 Å². The Morgan fingerprint density at radius 1 is 0.971 bits per heavy atom.